The monoisotopic (exact) mass is 315 g/mol. The quantitative estimate of drug-likeness (QED) is 0.631. The van der Waals surface area contributed by atoms with Crippen LogP contribution in [0, 0.1) is 17.0 Å². The fourth-order valence-corrected chi connectivity index (χ4v) is 1.94. The average molecular weight is 315 g/mol. The molecule has 0 atom stereocenters. The Balaban J connectivity index is 2.02. The third-order valence-corrected chi connectivity index (χ3v) is 3.18. The fourth-order valence-electron chi connectivity index (χ4n) is 1.94. The van der Waals surface area contributed by atoms with Gasteiger partial charge < -0.3 is 15.4 Å². The highest BCUT2D eigenvalue weighted by Gasteiger charge is 2.17. The van der Waals surface area contributed by atoms with Crippen LogP contribution in [-0.4, -0.2) is 24.5 Å². The van der Waals surface area contributed by atoms with E-state index in [4.69, 9.17) is 4.74 Å². The molecule has 2 aromatic carbocycles. The number of aryl methyl sites for hydroxylation is 1. The van der Waals surface area contributed by atoms with Crippen LogP contribution in [0.4, 0.5) is 17.1 Å². The predicted octanol–water partition coefficient (Wildman–Crippen LogP) is 2.96. The van der Waals surface area contributed by atoms with Crippen molar-refractivity contribution in [2.24, 2.45) is 0 Å². The lowest BCUT2D eigenvalue weighted by molar-refractivity contribution is -0.384. The molecule has 23 heavy (non-hydrogen) atoms. The maximum Gasteiger partial charge on any atom is 0.296 e. The number of nitro benzene ring substituents is 1. The minimum atomic E-state index is -0.564. The summed E-state index contributed by atoms with van der Waals surface area (Å²) in [5, 5.41) is 16.5. The van der Waals surface area contributed by atoms with Crippen LogP contribution in [0.3, 0.4) is 0 Å². The van der Waals surface area contributed by atoms with Gasteiger partial charge in [0.1, 0.15) is 11.4 Å². The van der Waals surface area contributed by atoms with Crippen molar-refractivity contribution >= 4 is 23.0 Å². The number of nitrogens with one attached hydrogen (secondary N) is 2. The Bertz CT molecular complexity index is 714. The van der Waals surface area contributed by atoms with E-state index in [0.717, 1.165) is 11.3 Å². The molecule has 0 spiro atoms. The van der Waals surface area contributed by atoms with Gasteiger partial charge in [-0.15, -0.1) is 0 Å². The first-order chi connectivity index (χ1) is 11.0. The second kappa shape index (κ2) is 7.26. The molecule has 0 saturated carbocycles. The van der Waals surface area contributed by atoms with Gasteiger partial charge in [0.15, 0.2) is 0 Å². The van der Waals surface area contributed by atoms with E-state index in [2.05, 4.69) is 10.6 Å². The van der Waals surface area contributed by atoms with E-state index in [-0.39, 0.29) is 23.8 Å². The molecule has 2 N–H and O–H groups in total. The first kappa shape index (κ1) is 16.3. The number of amides is 1. The molecule has 0 saturated heterocycles. The van der Waals surface area contributed by atoms with Crippen molar-refractivity contribution in [2.75, 3.05) is 24.3 Å². The highest BCUT2D eigenvalue weighted by atomic mass is 16.6. The predicted molar refractivity (Wildman–Crippen MR) is 87.9 cm³/mol. The van der Waals surface area contributed by atoms with Crippen molar-refractivity contribution in [3.05, 3.63) is 58.1 Å². The van der Waals surface area contributed by atoms with Crippen molar-refractivity contribution in [3.8, 4) is 5.75 Å². The van der Waals surface area contributed by atoms with Crippen LogP contribution >= 0.6 is 0 Å². The number of carbonyl (C=O) groups is 1. The van der Waals surface area contributed by atoms with E-state index in [1.165, 1.54) is 19.2 Å². The van der Waals surface area contributed by atoms with Crippen LogP contribution < -0.4 is 15.4 Å². The number of ether oxygens (including phenoxy) is 1. The molecule has 0 aromatic heterocycles. The lowest BCUT2D eigenvalue weighted by Gasteiger charge is -2.09. The van der Waals surface area contributed by atoms with Gasteiger partial charge in [0.2, 0.25) is 5.91 Å². The van der Waals surface area contributed by atoms with Gasteiger partial charge in [0.25, 0.3) is 5.69 Å². The van der Waals surface area contributed by atoms with E-state index in [9.17, 15) is 14.9 Å². The highest BCUT2D eigenvalue weighted by Crippen LogP contribution is 2.28. The van der Waals surface area contributed by atoms with Gasteiger partial charge in [0, 0.05) is 5.69 Å². The molecule has 0 bridgehead atoms. The number of anilines is 2. The molecule has 0 radical (unpaired) electrons. The summed E-state index contributed by atoms with van der Waals surface area (Å²) in [6.45, 7) is 1.98. The van der Waals surface area contributed by atoms with Crippen LogP contribution in [-0.2, 0) is 4.79 Å². The van der Waals surface area contributed by atoms with Gasteiger partial charge >= 0.3 is 0 Å². The van der Waals surface area contributed by atoms with Crippen LogP contribution in [0.25, 0.3) is 0 Å². The van der Waals surface area contributed by atoms with Gasteiger partial charge in [-0.1, -0.05) is 17.7 Å². The van der Waals surface area contributed by atoms with Crippen molar-refractivity contribution in [1.82, 2.24) is 0 Å². The average Bonchev–Trinajstić information content (AvgIpc) is 2.54. The smallest absolute Gasteiger partial charge is 0.296 e. The van der Waals surface area contributed by atoms with E-state index >= 15 is 0 Å². The Morgan fingerprint density at radius 1 is 1.22 bits per heavy atom. The number of nitrogens with zero attached hydrogens (tertiary/aromatic N) is 1. The molecule has 2 rings (SSSR count). The Labute approximate surface area is 133 Å². The standard InChI is InChI=1S/C16H17N3O4/c1-11-3-5-12(6-4-11)17-10-16(20)18-14-8-7-13(23-2)9-15(14)19(21)22/h3-9,17H,10H2,1-2H3,(H,18,20). The number of benzene rings is 2. The van der Waals surface area contributed by atoms with Crippen molar-refractivity contribution < 1.29 is 14.5 Å². The molecular formula is C16H17N3O4. The van der Waals surface area contributed by atoms with Gasteiger partial charge in [-0.25, -0.2) is 0 Å². The van der Waals surface area contributed by atoms with Crippen molar-refractivity contribution in [3.63, 3.8) is 0 Å². The van der Waals surface area contributed by atoms with Gasteiger partial charge in [-0.05, 0) is 31.2 Å². The summed E-state index contributed by atoms with van der Waals surface area (Å²) in [6.07, 6.45) is 0. The van der Waals surface area contributed by atoms with Crippen molar-refractivity contribution in [1.29, 1.82) is 0 Å². The summed E-state index contributed by atoms with van der Waals surface area (Å²) in [6, 6.07) is 11.8. The largest absolute Gasteiger partial charge is 0.496 e. The summed E-state index contributed by atoms with van der Waals surface area (Å²) in [5.41, 5.74) is 1.84. The van der Waals surface area contributed by atoms with E-state index in [1.807, 2.05) is 31.2 Å². The molecule has 0 fully saturated rings. The molecular weight excluding hydrogens is 298 g/mol. The number of hydrogen-bond donors (Lipinski definition) is 2. The maximum absolute atomic E-state index is 12.0. The molecule has 7 nitrogen and oxygen atoms in total. The van der Waals surface area contributed by atoms with Crippen molar-refractivity contribution in [2.45, 2.75) is 6.92 Å². The topological polar surface area (TPSA) is 93.5 Å². The van der Waals surface area contributed by atoms with E-state index < -0.39 is 4.92 Å². The number of nitro groups is 1. The highest BCUT2D eigenvalue weighted by molar-refractivity contribution is 5.95. The lowest BCUT2D eigenvalue weighted by atomic mass is 10.2. The zero-order valence-electron chi connectivity index (χ0n) is 12.8. The third kappa shape index (κ3) is 4.44. The van der Waals surface area contributed by atoms with Gasteiger partial charge in [-0.2, -0.15) is 0 Å². The Kier molecular flexibility index (Phi) is 5.14. The third-order valence-electron chi connectivity index (χ3n) is 3.18. The Hall–Kier alpha value is -3.09. The summed E-state index contributed by atoms with van der Waals surface area (Å²) in [5.74, 6) is -0.0219. The second-order valence-corrected chi connectivity index (χ2v) is 4.91. The first-order valence-corrected chi connectivity index (χ1v) is 6.92. The van der Waals surface area contributed by atoms with Gasteiger partial charge in [-0.3, -0.25) is 14.9 Å². The van der Waals surface area contributed by atoms with E-state index in [0.29, 0.717) is 5.75 Å². The zero-order valence-corrected chi connectivity index (χ0v) is 12.8. The summed E-state index contributed by atoms with van der Waals surface area (Å²) in [7, 11) is 1.42. The van der Waals surface area contributed by atoms with Crippen LogP contribution in [0.2, 0.25) is 0 Å². The Morgan fingerprint density at radius 3 is 2.52 bits per heavy atom. The zero-order chi connectivity index (χ0) is 16.8. The molecule has 0 aliphatic carbocycles. The fraction of sp³-hybridized carbons (Fsp3) is 0.188. The molecule has 0 unspecified atom stereocenters. The molecule has 0 heterocycles. The number of methoxy groups -OCH3 is 1. The summed E-state index contributed by atoms with van der Waals surface area (Å²) >= 11 is 0. The normalized spacial score (nSPS) is 10.0. The van der Waals surface area contributed by atoms with Crippen LogP contribution in [0.15, 0.2) is 42.5 Å². The lowest BCUT2D eigenvalue weighted by Crippen LogP contribution is -2.22. The molecule has 2 aromatic rings. The van der Waals surface area contributed by atoms with Crippen LogP contribution in [0.5, 0.6) is 5.75 Å². The van der Waals surface area contributed by atoms with Gasteiger partial charge in [0.05, 0.1) is 24.6 Å². The first-order valence-electron chi connectivity index (χ1n) is 6.92. The van der Waals surface area contributed by atoms with E-state index in [1.54, 1.807) is 6.07 Å². The molecule has 0 aliphatic rings. The molecule has 1 amide bonds. The number of carbonyl (C=O) groups excluding carboxylic acids is 1. The number of hydrogen-bond acceptors (Lipinski definition) is 5. The second-order valence-electron chi connectivity index (χ2n) is 4.91. The SMILES string of the molecule is COc1ccc(NC(=O)CNc2ccc(C)cc2)c([N+](=O)[O-])c1. The molecule has 7 heteroatoms. The minimum absolute atomic E-state index is 0.00619. The Morgan fingerprint density at radius 2 is 1.91 bits per heavy atom. The van der Waals surface area contributed by atoms with Crippen LogP contribution in [0.1, 0.15) is 5.56 Å². The maximum atomic E-state index is 12.0. The molecule has 0 aliphatic heterocycles. The summed E-state index contributed by atoms with van der Waals surface area (Å²) in [4.78, 5) is 22.5. The summed E-state index contributed by atoms with van der Waals surface area (Å²) < 4.78 is 4.95. The number of rotatable bonds is 6. The molecule has 120 valence electrons. The minimum Gasteiger partial charge on any atom is -0.496 e.